The minimum atomic E-state index is -2.97. The van der Waals surface area contributed by atoms with Gasteiger partial charge in [-0.1, -0.05) is 23.2 Å². The van der Waals surface area contributed by atoms with Crippen molar-refractivity contribution in [1.82, 2.24) is 5.32 Å². The Morgan fingerprint density at radius 2 is 2.15 bits per heavy atom. The fraction of sp³-hybridized carbons (Fsp3) is 0.538. The zero-order chi connectivity index (χ0) is 15.0. The third kappa shape index (κ3) is 3.86. The van der Waals surface area contributed by atoms with Crippen molar-refractivity contribution in [2.24, 2.45) is 0 Å². The molecule has 0 aromatic heterocycles. The maximum Gasteiger partial charge on any atom is 0.152 e. The van der Waals surface area contributed by atoms with Crippen LogP contribution in [0.5, 0.6) is 0 Å². The number of aliphatic hydroxyl groups is 1. The van der Waals surface area contributed by atoms with Crippen molar-refractivity contribution in [2.75, 3.05) is 18.1 Å². The van der Waals surface area contributed by atoms with Gasteiger partial charge >= 0.3 is 0 Å². The second kappa shape index (κ2) is 5.81. The maximum absolute atomic E-state index is 11.5. The Balaban J connectivity index is 2.02. The third-order valence-corrected chi connectivity index (χ3v) is 6.02. The van der Waals surface area contributed by atoms with Gasteiger partial charge in [-0.2, -0.15) is 0 Å². The van der Waals surface area contributed by atoms with E-state index in [-0.39, 0.29) is 18.1 Å². The summed E-state index contributed by atoms with van der Waals surface area (Å²) in [6, 6.07) is 4.90. The Hall–Kier alpha value is -0.330. The highest BCUT2D eigenvalue weighted by molar-refractivity contribution is 7.91. The van der Waals surface area contributed by atoms with E-state index in [2.05, 4.69) is 5.32 Å². The number of nitrogens with one attached hydrogen (secondary N) is 1. The van der Waals surface area contributed by atoms with E-state index in [0.29, 0.717) is 22.0 Å². The summed E-state index contributed by atoms with van der Waals surface area (Å²) >= 11 is 11.9. The lowest BCUT2D eigenvalue weighted by Gasteiger charge is -2.26. The summed E-state index contributed by atoms with van der Waals surface area (Å²) in [5.41, 5.74) is 0.0429. The molecule has 0 aliphatic carbocycles. The van der Waals surface area contributed by atoms with E-state index in [4.69, 9.17) is 23.2 Å². The monoisotopic (exact) mass is 337 g/mol. The third-order valence-electron chi connectivity index (χ3n) is 3.54. The molecule has 2 unspecified atom stereocenters. The fourth-order valence-corrected chi connectivity index (χ4v) is 4.92. The highest BCUT2D eigenvalue weighted by Crippen LogP contribution is 2.28. The number of β-amino-alcohol motifs (C(OH)–C–C–N with tert-alkyl or cyclic N) is 1. The number of aliphatic hydroxyl groups excluding tert-OH is 1. The summed E-state index contributed by atoms with van der Waals surface area (Å²) in [4.78, 5) is 0. The molecule has 20 heavy (non-hydrogen) atoms. The Labute approximate surface area is 129 Å². The Bertz CT molecular complexity index is 606. The predicted octanol–water partition coefficient (Wildman–Crippen LogP) is 2.19. The van der Waals surface area contributed by atoms with Crippen molar-refractivity contribution in [3.05, 3.63) is 33.8 Å². The van der Waals surface area contributed by atoms with Crippen molar-refractivity contribution in [3.63, 3.8) is 0 Å². The van der Waals surface area contributed by atoms with Crippen LogP contribution in [0.3, 0.4) is 0 Å². The standard InChI is InChI=1S/C13H17Cl2NO3S/c1-13(4-5-20(18,19)8-13)16-7-12(17)10-6-9(14)2-3-11(10)15/h2-3,6,12,16-17H,4-5,7-8H2,1H3. The van der Waals surface area contributed by atoms with Crippen LogP contribution < -0.4 is 5.32 Å². The Kier molecular flexibility index (Phi) is 4.66. The topological polar surface area (TPSA) is 66.4 Å². The number of sulfone groups is 1. The molecule has 2 atom stereocenters. The summed E-state index contributed by atoms with van der Waals surface area (Å²) in [6.45, 7) is 2.08. The van der Waals surface area contributed by atoms with Crippen LogP contribution in [0, 0.1) is 0 Å². The highest BCUT2D eigenvalue weighted by Gasteiger charge is 2.38. The average molecular weight is 338 g/mol. The summed E-state index contributed by atoms with van der Waals surface area (Å²) in [7, 11) is -2.97. The molecule has 1 heterocycles. The normalized spacial score (nSPS) is 26.6. The minimum Gasteiger partial charge on any atom is -0.387 e. The van der Waals surface area contributed by atoms with Crippen LogP contribution in [0.15, 0.2) is 18.2 Å². The van der Waals surface area contributed by atoms with Gasteiger partial charge < -0.3 is 10.4 Å². The number of benzene rings is 1. The number of halogens is 2. The van der Waals surface area contributed by atoms with Crippen LogP contribution in [0.25, 0.3) is 0 Å². The van der Waals surface area contributed by atoms with E-state index in [0.717, 1.165) is 0 Å². The van der Waals surface area contributed by atoms with Gasteiger partial charge in [-0.15, -0.1) is 0 Å². The molecule has 112 valence electrons. The van der Waals surface area contributed by atoms with Crippen LogP contribution >= 0.6 is 23.2 Å². The molecule has 0 spiro atoms. The van der Waals surface area contributed by atoms with E-state index < -0.39 is 21.5 Å². The van der Waals surface area contributed by atoms with Crippen molar-refractivity contribution in [1.29, 1.82) is 0 Å². The lowest BCUT2D eigenvalue weighted by molar-refractivity contribution is 0.162. The van der Waals surface area contributed by atoms with Crippen molar-refractivity contribution >= 4 is 33.0 Å². The molecule has 1 aromatic carbocycles. The minimum absolute atomic E-state index is 0.0933. The van der Waals surface area contributed by atoms with Gasteiger partial charge in [0, 0.05) is 27.7 Å². The first kappa shape index (κ1) is 16.0. The lowest BCUT2D eigenvalue weighted by atomic mass is 10.0. The summed E-state index contributed by atoms with van der Waals surface area (Å²) in [5, 5.41) is 14.2. The molecule has 1 saturated heterocycles. The smallest absolute Gasteiger partial charge is 0.152 e. The molecule has 0 radical (unpaired) electrons. The maximum atomic E-state index is 11.5. The Morgan fingerprint density at radius 3 is 2.75 bits per heavy atom. The zero-order valence-electron chi connectivity index (χ0n) is 11.1. The second-order valence-electron chi connectivity index (χ2n) is 5.47. The van der Waals surface area contributed by atoms with Crippen molar-refractivity contribution in [3.8, 4) is 0 Å². The molecule has 1 aliphatic rings. The van der Waals surface area contributed by atoms with Gasteiger partial charge in [0.25, 0.3) is 0 Å². The van der Waals surface area contributed by atoms with Gasteiger partial charge in [0.05, 0.1) is 17.6 Å². The van der Waals surface area contributed by atoms with Crippen molar-refractivity contribution < 1.29 is 13.5 Å². The first-order chi connectivity index (χ1) is 9.21. The van der Waals surface area contributed by atoms with E-state index >= 15 is 0 Å². The van der Waals surface area contributed by atoms with E-state index in [1.807, 2.05) is 6.92 Å². The molecule has 1 aliphatic heterocycles. The quantitative estimate of drug-likeness (QED) is 0.883. The second-order valence-corrected chi connectivity index (χ2v) is 8.49. The van der Waals surface area contributed by atoms with E-state index in [1.165, 1.54) is 0 Å². The van der Waals surface area contributed by atoms with Crippen LogP contribution in [-0.2, 0) is 9.84 Å². The molecule has 4 nitrogen and oxygen atoms in total. The largest absolute Gasteiger partial charge is 0.387 e. The van der Waals surface area contributed by atoms with Gasteiger partial charge in [0.1, 0.15) is 0 Å². The lowest BCUT2D eigenvalue weighted by Crippen LogP contribution is -2.45. The molecule has 1 aromatic rings. The molecule has 0 amide bonds. The molecule has 2 N–H and O–H groups in total. The van der Waals surface area contributed by atoms with Crippen LogP contribution in [0.4, 0.5) is 0 Å². The molecule has 0 saturated carbocycles. The highest BCUT2D eigenvalue weighted by atomic mass is 35.5. The molecule has 0 bridgehead atoms. The first-order valence-corrected chi connectivity index (χ1v) is 8.87. The van der Waals surface area contributed by atoms with Gasteiger partial charge in [-0.25, -0.2) is 8.42 Å². The van der Waals surface area contributed by atoms with Crippen LogP contribution in [-0.4, -0.2) is 37.1 Å². The van der Waals surface area contributed by atoms with E-state index in [1.54, 1.807) is 18.2 Å². The predicted molar refractivity (Wildman–Crippen MR) is 81.1 cm³/mol. The van der Waals surface area contributed by atoms with Gasteiger partial charge in [0.2, 0.25) is 0 Å². The van der Waals surface area contributed by atoms with Gasteiger partial charge in [0.15, 0.2) is 9.84 Å². The number of hydrogen-bond donors (Lipinski definition) is 2. The first-order valence-electron chi connectivity index (χ1n) is 6.29. The molecule has 7 heteroatoms. The van der Waals surface area contributed by atoms with Crippen molar-refractivity contribution in [2.45, 2.75) is 25.0 Å². The fourth-order valence-electron chi connectivity index (χ4n) is 2.37. The van der Waals surface area contributed by atoms with Gasteiger partial charge in [-0.05, 0) is 31.5 Å². The van der Waals surface area contributed by atoms with E-state index in [9.17, 15) is 13.5 Å². The molecule has 1 fully saturated rings. The zero-order valence-corrected chi connectivity index (χ0v) is 13.4. The summed E-state index contributed by atoms with van der Waals surface area (Å²) in [6.07, 6.45) is -0.285. The number of hydrogen-bond acceptors (Lipinski definition) is 4. The Morgan fingerprint density at radius 1 is 1.45 bits per heavy atom. The molecular weight excluding hydrogens is 321 g/mol. The SMILES string of the molecule is CC1(NCC(O)c2cc(Cl)ccc2Cl)CCS(=O)(=O)C1. The molecule has 2 rings (SSSR count). The van der Waals surface area contributed by atoms with Crippen LogP contribution in [0.2, 0.25) is 10.0 Å². The number of rotatable bonds is 4. The average Bonchev–Trinajstić information content (AvgIpc) is 2.64. The summed E-state index contributed by atoms with van der Waals surface area (Å²) < 4.78 is 23.0. The molecular formula is C13H17Cl2NO3S. The summed E-state index contributed by atoms with van der Waals surface area (Å²) in [5.74, 6) is 0.278. The van der Waals surface area contributed by atoms with Gasteiger partial charge in [-0.3, -0.25) is 0 Å². The van der Waals surface area contributed by atoms with Crippen LogP contribution in [0.1, 0.15) is 25.0 Å².